The number of esters is 2. The summed E-state index contributed by atoms with van der Waals surface area (Å²) in [5, 5.41) is 2.66. The molecule has 0 aliphatic heterocycles. The van der Waals surface area contributed by atoms with Crippen LogP contribution in [0.2, 0.25) is 0 Å². The predicted molar refractivity (Wildman–Crippen MR) is 69.8 cm³/mol. The number of rotatable bonds is 4. The predicted octanol–water partition coefficient (Wildman–Crippen LogP) is 2.23. The van der Waals surface area contributed by atoms with E-state index in [1.807, 2.05) is 0 Å². The van der Waals surface area contributed by atoms with Crippen LogP contribution < -0.4 is 5.32 Å². The van der Waals surface area contributed by atoms with Gasteiger partial charge in [0.2, 0.25) is 0 Å². The summed E-state index contributed by atoms with van der Waals surface area (Å²) in [6.07, 6.45) is 0.946. The summed E-state index contributed by atoms with van der Waals surface area (Å²) in [5.74, 6) is -1.90. The van der Waals surface area contributed by atoms with Gasteiger partial charge in [0.25, 0.3) is 0 Å². The van der Waals surface area contributed by atoms with Crippen LogP contribution >= 0.6 is 15.9 Å². The van der Waals surface area contributed by atoms with Crippen molar-refractivity contribution in [3.05, 3.63) is 40.3 Å². The lowest BCUT2D eigenvalue weighted by Gasteiger charge is -2.10. The lowest BCUT2D eigenvalue weighted by molar-refractivity contribution is -0.138. The Labute approximate surface area is 117 Å². The Balaban J connectivity index is 3.04. The lowest BCUT2D eigenvalue weighted by Crippen LogP contribution is -2.15. The zero-order valence-electron chi connectivity index (χ0n) is 10.2. The molecule has 102 valence electrons. The molecule has 19 heavy (non-hydrogen) atoms. The van der Waals surface area contributed by atoms with Crippen LogP contribution in [-0.4, -0.2) is 26.2 Å². The minimum absolute atomic E-state index is 0.123. The summed E-state index contributed by atoms with van der Waals surface area (Å²) in [6, 6.07) is 3.84. The Kier molecular flexibility index (Phi) is 5.50. The fourth-order valence-electron chi connectivity index (χ4n) is 1.17. The molecule has 1 aromatic rings. The SMILES string of the molecule is COC(=O)/C=C(/Nc1ccc(F)cc1Br)C(=O)OC. The molecule has 5 nitrogen and oxygen atoms in total. The summed E-state index contributed by atoms with van der Waals surface area (Å²) >= 11 is 3.13. The van der Waals surface area contributed by atoms with Gasteiger partial charge in [-0.05, 0) is 34.1 Å². The lowest BCUT2D eigenvalue weighted by atomic mass is 10.3. The number of hydrogen-bond donors (Lipinski definition) is 1. The Morgan fingerprint density at radius 2 is 2.00 bits per heavy atom. The molecule has 1 rings (SSSR count). The van der Waals surface area contributed by atoms with E-state index in [0.29, 0.717) is 10.2 Å². The van der Waals surface area contributed by atoms with Crippen molar-refractivity contribution < 1.29 is 23.5 Å². The van der Waals surface area contributed by atoms with Crippen LogP contribution in [-0.2, 0) is 19.1 Å². The maximum absolute atomic E-state index is 12.9. The molecule has 0 fully saturated rings. The van der Waals surface area contributed by atoms with E-state index in [1.54, 1.807) is 0 Å². The first-order chi connectivity index (χ1) is 8.97. The van der Waals surface area contributed by atoms with Crippen LogP contribution in [0, 0.1) is 5.82 Å². The summed E-state index contributed by atoms with van der Waals surface area (Å²) in [6.45, 7) is 0. The number of carbonyl (C=O) groups excluding carboxylic acids is 2. The van der Waals surface area contributed by atoms with E-state index < -0.39 is 17.8 Å². The van der Waals surface area contributed by atoms with Gasteiger partial charge in [-0.2, -0.15) is 0 Å². The molecule has 0 amide bonds. The first-order valence-electron chi connectivity index (χ1n) is 5.08. The first-order valence-corrected chi connectivity index (χ1v) is 5.87. The molecule has 0 saturated heterocycles. The molecule has 0 aromatic heterocycles. The third-order valence-corrected chi connectivity index (χ3v) is 2.73. The number of benzene rings is 1. The van der Waals surface area contributed by atoms with Crippen molar-refractivity contribution >= 4 is 33.6 Å². The minimum Gasteiger partial charge on any atom is -0.466 e. The normalized spacial score (nSPS) is 10.8. The van der Waals surface area contributed by atoms with Gasteiger partial charge in [-0.25, -0.2) is 14.0 Å². The number of hydrogen-bond acceptors (Lipinski definition) is 5. The molecule has 7 heteroatoms. The van der Waals surface area contributed by atoms with E-state index >= 15 is 0 Å². The van der Waals surface area contributed by atoms with E-state index in [2.05, 4.69) is 30.7 Å². The summed E-state index contributed by atoms with van der Waals surface area (Å²) < 4.78 is 22.3. The van der Waals surface area contributed by atoms with Gasteiger partial charge in [0.15, 0.2) is 0 Å². The van der Waals surface area contributed by atoms with Crippen molar-refractivity contribution in [2.75, 3.05) is 19.5 Å². The second-order valence-corrected chi connectivity index (χ2v) is 4.18. The highest BCUT2D eigenvalue weighted by atomic mass is 79.9. The van der Waals surface area contributed by atoms with Crippen molar-refractivity contribution in [2.24, 2.45) is 0 Å². The topological polar surface area (TPSA) is 64.6 Å². The van der Waals surface area contributed by atoms with Gasteiger partial charge in [-0.1, -0.05) is 0 Å². The van der Waals surface area contributed by atoms with Crippen molar-refractivity contribution in [1.29, 1.82) is 0 Å². The van der Waals surface area contributed by atoms with Crippen molar-refractivity contribution in [2.45, 2.75) is 0 Å². The van der Waals surface area contributed by atoms with E-state index in [1.165, 1.54) is 32.4 Å². The Hall–Kier alpha value is -1.89. The molecule has 1 aromatic carbocycles. The highest BCUT2D eigenvalue weighted by molar-refractivity contribution is 9.10. The van der Waals surface area contributed by atoms with E-state index in [9.17, 15) is 14.0 Å². The standard InChI is InChI=1S/C12H11BrFNO4/c1-18-11(16)6-10(12(17)19-2)15-9-4-3-7(14)5-8(9)13/h3-6,15H,1-2H3/b10-6+. The molecule has 0 aliphatic carbocycles. The zero-order valence-corrected chi connectivity index (χ0v) is 11.8. The van der Waals surface area contributed by atoms with Crippen LogP contribution in [0.25, 0.3) is 0 Å². The molecule has 0 unspecified atom stereocenters. The van der Waals surface area contributed by atoms with Crippen LogP contribution in [0.5, 0.6) is 0 Å². The van der Waals surface area contributed by atoms with Crippen molar-refractivity contribution in [3.8, 4) is 0 Å². The fourth-order valence-corrected chi connectivity index (χ4v) is 1.62. The summed E-state index contributed by atoms with van der Waals surface area (Å²) in [5.41, 5.74) is 0.281. The number of halogens is 2. The second-order valence-electron chi connectivity index (χ2n) is 3.32. The quantitative estimate of drug-likeness (QED) is 0.677. The Morgan fingerprint density at radius 1 is 1.32 bits per heavy atom. The maximum atomic E-state index is 12.9. The molecule has 0 saturated carbocycles. The van der Waals surface area contributed by atoms with E-state index in [0.717, 1.165) is 6.08 Å². The molecule has 0 spiro atoms. The number of ether oxygens (including phenoxy) is 2. The third kappa shape index (κ3) is 4.36. The zero-order chi connectivity index (χ0) is 14.4. The molecule has 0 radical (unpaired) electrons. The monoisotopic (exact) mass is 331 g/mol. The van der Waals surface area contributed by atoms with Gasteiger partial charge in [0.1, 0.15) is 11.5 Å². The Bertz CT molecular complexity index is 530. The Morgan fingerprint density at radius 3 is 2.53 bits per heavy atom. The number of nitrogens with one attached hydrogen (secondary N) is 1. The summed E-state index contributed by atoms with van der Waals surface area (Å²) in [4.78, 5) is 22.6. The second kappa shape index (κ2) is 6.89. The maximum Gasteiger partial charge on any atom is 0.354 e. The average Bonchev–Trinajstić information content (AvgIpc) is 2.39. The number of carbonyl (C=O) groups is 2. The van der Waals surface area contributed by atoms with Crippen LogP contribution in [0.4, 0.5) is 10.1 Å². The molecule has 1 N–H and O–H groups in total. The van der Waals surface area contributed by atoms with Crippen LogP contribution in [0.1, 0.15) is 0 Å². The number of methoxy groups -OCH3 is 2. The molecule has 0 atom stereocenters. The largest absolute Gasteiger partial charge is 0.466 e. The van der Waals surface area contributed by atoms with Crippen LogP contribution in [0.3, 0.4) is 0 Å². The van der Waals surface area contributed by atoms with Crippen LogP contribution in [0.15, 0.2) is 34.4 Å². The summed E-state index contributed by atoms with van der Waals surface area (Å²) in [7, 11) is 2.36. The van der Waals surface area contributed by atoms with E-state index in [-0.39, 0.29) is 5.70 Å². The van der Waals surface area contributed by atoms with Gasteiger partial charge in [-0.3, -0.25) is 0 Å². The molecular weight excluding hydrogens is 321 g/mol. The van der Waals surface area contributed by atoms with Gasteiger partial charge in [-0.15, -0.1) is 0 Å². The molecule has 0 heterocycles. The van der Waals surface area contributed by atoms with Gasteiger partial charge >= 0.3 is 11.9 Å². The highest BCUT2D eigenvalue weighted by Gasteiger charge is 2.14. The molecule has 0 aliphatic rings. The van der Waals surface area contributed by atoms with Crippen molar-refractivity contribution in [1.82, 2.24) is 0 Å². The van der Waals surface area contributed by atoms with Gasteiger partial charge in [0, 0.05) is 4.47 Å². The molecule has 0 bridgehead atoms. The molecular formula is C12H11BrFNO4. The number of anilines is 1. The fraction of sp³-hybridized carbons (Fsp3) is 0.167. The first kappa shape index (κ1) is 15.2. The minimum atomic E-state index is -0.748. The highest BCUT2D eigenvalue weighted by Crippen LogP contribution is 2.24. The average molecular weight is 332 g/mol. The van der Waals surface area contributed by atoms with E-state index in [4.69, 9.17) is 0 Å². The van der Waals surface area contributed by atoms with Gasteiger partial charge in [0.05, 0.1) is 26.0 Å². The smallest absolute Gasteiger partial charge is 0.354 e. The van der Waals surface area contributed by atoms with Gasteiger partial charge < -0.3 is 14.8 Å². The van der Waals surface area contributed by atoms with Crippen molar-refractivity contribution in [3.63, 3.8) is 0 Å². The third-order valence-electron chi connectivity index (χ3n) is 2.07.